The predicted molar refractivity (Wildman–Crippen MR) is 74.7 cm³/mol. The van der Waals surface area contributed by atoms with Crippen LogP contribution in [0.4, 0.5) is 0 Å². The minimum absolute atomic E-state index is 0.232. The largest absolute Gasteiger partial charge is 0.493 e. The van der Waals surface area contributed by atoms with E-state index in [1.807, 2.05) is 6.07 Å². The highest BCUT2D eigenvalue weighted by Gasteiger charge is 2.25. The minimum atomic E-state index is 0.232. The van der Waals surface area contributed by atoms with Crippen LogP contribution in [0.15, 0.2) is 42.5 Å². The fourth-order valence-corrected chi connectivity index (χ4v) is 2.62. The second kappa shape index (κ2) is 4.94. The Hall–Kier alpha value is -2.00. The average Bonchev–Trinajstić information content (AvgIpc) is 2.89. The third-order valence-corrected chi connectivity index (χ3v) is 3.59. The summed E-state index contributed by atoms with van der Waals surface area (Å²) in [7, 11) is 3.34. The third-order valence-electron chi connectivity index (χ3n) is 3.59. The molecule has 2 aromatic carbocycles. The summed E-state index contributed by atoms with van der Waals surface area (Å²) in [5.74, 6) is 1.57. The van der Waals surface area contributed by atoms with Crippen molar-refractivity contribution >= 4 is 0 Å². The van der Waals surface area contributed by atoms with Crippen LogP contribution >= 0.6 is 0 Å². The Kier molecular flexibility index (Phi) is 3.13. The van der Waals surface area contributed by atoms with Crippen LogP contribution in [-0.4, -0.2) is 14.2 Å². The van der Waals surface area contributed by atoms with E-state index in [9.17, 15) is 0 Å². The van der Waals surface area contributed by atoms with Gasteiger partial charge in [-0.05, 0) is 28.8 Å². The van der Waals surface area contributed by atoms with Crippen LogP contribution in [0.1, 0.15) is 22.7 Å². The Morgan fingerprint density at radius 2 is 1.68 bits per heavy atom. The van der Waals surface area contributed by atoms with Crippen molar-refractivity contribution in [3.8, 4) is 11.5 Å². The normalized spacial score (nSPS) is 17.1. The second-order valence-electron chi connectivity index (χ2n) is 4.63. The van der Waals surface area contributed by atoms with Gasteiger partial charge in [0.15, 0.2) is 11.5 Å². The fourth-order valence-electron chi connectivity index (χ4n) is 2.62. The maximum absolute atomic E-state index is 5.39. The molecule has 1 aliphatic heterocycles. The Bertz CT molecular complexity index is 581. The van der Waals surface area contributed by atoms with Crippen molar-refractivity contribution in [2.24, 2.45) is 0 Å². The van der Waals surface area contributed by atoms with Gasteiger partial charge in [0.1, 0.15) is 0 Å². The number of hydrogen-bond acceptors (Lipinski definition) is 3. The van der Waals surface area contributed by atoms with Crippen LogP contribution in [0.2, 0.25) is 0 Å². The molecule has 0 radical (unpaired) electrons. The van der Waals surface area contributed by atoms with Crippen molar-refractivity contribution in [1.82, 2.24) is 5.32 Å². The summed E-state index contributed by atoms with van der Waals surface area (Å²) in [6.45, 7) is 0.856. The van der Waals surface area contributed by atoms with Gasteiger partial charge >= 0.3 is 0 Å². The number of fused-ring (bicyclic) bond motifs is 1. The van der Waals surface area contributed by atoms with E-state index in [-0.39, 0.29) is 6.04 Å². The van der Waals surface area contributed by atoms with E-state index in [0.29, 0.717) is 0 Å². The van der Waals surface area contributed by atoms with Crippen molar-refractivity contribution in [3.05, 3.63) is 59.2 Å². The lowest BCUT2D eigenvalue weighted by atomic mass is 9.98. The average molecular weight is 255 g/mol. The van der Waals surface area contributed by atoms with Gasteiger partial charge in [0.25, 0.3) is 0 Å². The van der Waals surface area contributed by atoms with Crippen LogP contribution in [-0.2, 0) is 6.54 Å². The SMILES string of the molecule is COc1cc2c(cc1OC)C(c1ccccc1)NC2. The van der Waals surface area contributed by atoms with E-state index < -0.39 is 0 Å². The third kappa shape index (κ3) is 2.06. The monoisotopic (exact) mass is 255 g/mol. The lowest BCUT2D eigenvalue weighted by Gasteiger charge is -2.14. The van der Waals surface area contributed by atoms with Crippen LogP contribution in [0.3, 0.4) is 0 Å². The van der Waals surface area contributed by atoms with Gasteiger partial charge in [0.2, 0.25) is 0 Å². The van der Waals surface area contributed by atoms with E-state index in [1.54, 1.807) is 14.2 Å². The lowest BCUT2D eigenvalue weighted by molar-refractivity contribution is 0.354. The number of rotatable bonds is 3. The Labute approximate surface area is 113 Å². The molecule has 0 aliphatic carbocycles. The molecule has 0 spiro atoms. The van der Waals surface area contributed by atoms with Crippen LogP contribution < -0.4 is 14.8 Å². The van der Waals surface area contributed by atoms with Crippen LogP contribution in [0.5, 0.6) is 11.5 Å². The maximum atomic E-state index is 5.39. The van der Waals surface area contributed by atoms with Gasteiger partial charge in [0.05, 0.1) is 20.3 Å². The summed E-state index contributed by atoms with van der Waals surface area (Å²) in [4.78, 5) is 0. The topological polar surface area (TPSA) is 30.5 Å². The minimum Gasteiger partial charge on any atom is -0.493 e. The molecule has 0 saturated heterocycles. The zero-order chi connectivity index (χ0) is 13.2. The first-order valence-electron chi connectivity index (χ1n) is 6.36. The Morgan fingerprint density at radius 1 is 1.00 bits per heavy atom. The van der Waals surface area contributed by atoms with Gasteiger partial charge in [-0.25, -0.2) is 0 Å². The molecular weight excluding hydrogens is 238 g/mol. The molecule has 3 rings (SSSR count). The molecule has 2 aromatic rings. The molecular formula is C16H17NO2. The summed E-state index contributed by atoms with van der Waals surface area (Å²) in [6.07, 6.45) is 0. The highest BCUT2D eigenvalue weighted by Crippen LogP contribution is 2.38. The molecule has 3 nitrogen and oxygen atoms in total. The predicted octanol–water partition coefficient (Wildman–Crippen LogP) is 2.90. The zero-order valence-corrected chi connectivity index (χ0v) is 11.1. The van der Waals surface area contributed by atoms with Crippen LogP contribution in [0, 0.1) is 0 Å². The summed E-state index contributed by atoms with van der Waals surface area (Å²) >= 11 is 0. The van der Waals surface area contributed by atoms with Crippen molar-refractivity contribution in [3.63, 3.8) is 0 Å². The molecule has 0 saturated carbocycles. The van der Waals surface area contributed by atoms with E-state index >= 15 is 0 Å². The van der Waals surface area contributed by atoms with Gasteiger partial charge in [-0.1, -0.05) is 30.3 Å². The van der Waals surface area contributed by atoms with Crippen LogP contribution in [0.25, 0.3) is 0 Å². The van der Waals surface area contributed by atoms with E-state index in [4.69, 9.17) is 9.47 Å². The molecule has 0 fully saturated rings. The fraction of sp³-hybridized carbons (Fsp3) is 0.250. The Morgan fingerprint density at radius 3 is 2.37 bits per heavy atom. The number of benzene rings is 2. The van der Waals surface area contributed by atoms with Crippen molar-refractivity contribution in [2.45, 2.75) is 12.6 Å². The van der Waals surface area contributed by atoms with E-state index in [2.05, 4.69) is 41.7 Å². The second-order valence-corrected chi connectivity index (χ2v) is 4.63. The van der Waals surface area contributed by atoms with Crippen molar-refractivity contribution in [2.75, 3.05) is 14.2 Å². The standard InChI is InChI=1S/C16H17NO2/c1-18-14-8-12-10-17-16(11-6-4-3-5-7-11)13(12)9-15(14)19-2/h3-9,16-17H,10H2,1-2H3. The van der Waals surface area contributed by atoms with Gasteiger partial charge in [-0.15, -0.1) is 0 Å². The zero-order valence-electron chi connectivity index (χ0n) is 11.1. The molecule has 1 heterocycles. The molecule has 98 valence electrons. The van der Waals surface area contributed by atoms with Gasteiger partial charge in [-0.3, -0.25) is 0 Å². The van der Waals surface area contributed by atoms with Gasteiger partial charge in [-0.2, -0.15) is 0 Å². The van der Waals surface area contributed by atoms with Gasteiger partial charge < -0.3 is 14.8 Å². The maximum Gasteiger partial charge on any atom is 0.161 e. The molecule has 0 aromatic heterocycles. The summed E-state index contributed by atoms with van der Waals surface area (Å²) < 4.78 is 10.7. The first-order valence-corrected chi connectivity index (χ1v) is 6.36. The van der Waals surface area contributed by atoms with Gasteiger partial charge in [0, 0.05) is 6.54 Å². The molecule has 0 amide bonds. The summed E-state index contributed by atoms with van der Waals surface area (Å²) in [5, 5.41) is 3.53. The number of methoxy groups -OCH3 is 2. The number of hydrogen-bond donors (Lipinski definition) is 1. The molecule has 3 heteroatoms. The quantitative estimate of drug-likeness (QED) is 0.914. The molecule has 1 N–H and O–H groups in total. The first-order chi connectivity index (χ1) is 9.33. The summed E-state index contributed by atoms with van der Waals surface area (Å²) in [5.41, 5.74) is 3.81. The molecule has 1 aliphatic rings. The molecule has 19 heavy (non-hydrogen) atoms. The molecule has 1 unspecified atom stereocenters. The van der Waals surface area contributed by atoms with E-state index in [1.165, 1.54) is 16.7 Å². The number of nitrogens with one attached hydrogen (secondary N) is 1. The smallest absolute Gasteiger partial charge is 0.161 e. The molecule has 0 bridgehead atoms. The summed E-state index contributed by atoms with van der Waals surface area (Å²) in [6, 6.07) is 14.8. The first kappa shape index (κ1) is 12.1. The highest BCUT2D eigenvalue weighted by molar-refractivity contribution is 5.52. The van der Waals surface area contributed by atoms with Crippen molar-refractivity contribution in [1.29, 1.82) is 0 Å². The molecule has 1 atom stereocenters. The van der Waals surface area contributed by atoms with E-state index in [0.717, 1.165) is 18.0 Å². The Balaban J connectivity index is 2.05. The lowest BCUT2D eigenvalue weighted by Crippen LogP contribution is -2.13. The van der Waals surface area contributed by atoms with Crippen molar-refractivity contribution < 1.29 is 9.47 Å². The number of ether oxygens (including phenoxy) is 2. The highest BCUT2D eigenvalue weighted by atomic mass is 16.5.